The van der Waals surface area contributed by atoms with Gasteiger partial charge in [0, 0.05) is 6.21 Å². The van der Waals surface area contributed by atoms with Crippen molar-refractivity contribution in [2.24, 2.45) is 5.41 Å². The van der Waals surface area contributed by atoms with Gasteiger partial charge in [0.1, 0.15) is 0 Å². The average molecular weight is 165 g/mol. The minimum atomic E-state index is 0.0832. The highest BCUT2D eigenvalue weighted by atomic mass is 14.4. The fourth-order valence-electron chi connectivity index (χ4n) is 0.822. The third-order valence-electron chi connectivity index (χ3n) is 1.67. The van der Waals surface area contributed by atoms with Crippen molar-refractivity contribution in [1.82, 2.24) is 0 Å². The van der Waals surface area contributed by atoms with E-state index in [9.17, 15) is 0 Å². The molecular formula is C11H19N. The van der Waals surface area contributed by atoms with E-state index in [1.54, 1.807) is 0 Å². The van der Waals surface area contributed by atoms with Gasteiger partial charge in [-0.15, -0.1) is 0 Å². The van der Waals surface area contributed by atoms with Crippen molar-refractivity contribution in [2.45, 2.75) is 34.1 Å². The normalized spacial score (nSPS) is 13.8. The molecule has 1 heteroatoms. The highest BCUT2D eigenvalue weighted by molar-refractivity contribution is 5.77. The molecule has 12 heavy (non-hydrogen) atoms. The number of allylic oxidation sites excluding steroid dienone is 4. The predicted molar refractivity (Wildman–Crippen MR) is 55.8 cm³/mol. The van der Waals surface area contributed by atoms with Crippen LogP contribution in [0.4, 0.5) is 0 Å². The molecule has 0 bridgehead atoms. The van der Waals surface area contributed by atoms with Gasteiger partial charge in [-0.25, -0.2) is 0 Å². The van der Waals surface area contributed by atoms with E-state index in [-0.39, 0.29) is 5.41 Å². The van der Waals surface area contributed by atoms with Crippen LogP contribution in [-0.2, 0) is 0 Å². The molecule has 0 spiro atoms. The van der Waals surface area contributed by atoms with Crippen molar-refractivity contribution >= 4 is 6.21 Å². The lowest BCUT2D eigenvalue weighted by Crippen LogP contribution is -2.09. The second-order valence-corrected chi connectivity index (χ2v) is 3.85. The molecule has 0 aliphatic rings. The molecule has 0 fully saturated rings. The van der Waals surface area contributed by atoms with Crippen molar-refractivity contribution in [3.63, 3.8) is 0 Å². The van der Waals surface area contributed by atoms with Crippen molar-refractivity contribution in [2.75, 3.05) is 0 Å². The summed E-state index contributed by atoms with van der Waals surface area (Å²) < 4.78 is 0. The van der Waals surface area contributed by atoms with E-state index >= 15 is 0 Å². The van der Waals surface area contributed by atoms with Gasteiger partial charge < -0.3 is 5.41 Å². The molecule has 0 saturated heterocycles. The fraction of sp³-hybridized carbons (Fsp3) is 0.545. The molecule has 0 atom stereocenters. The van der Waals surface area contributed by atoms with Gasteiger partial charge in [-0.05, 0) is 17.4 Å². The van der Waals surface area contributed by atoms with Crippen LogP contribution in [0.3, 0.4) is 0 Å². The van der Waals surface area contributed by atoms with E-state index in [2.05, 4.69) is 33.8 Å². The monoisotopic (exact) mass is 165 g/mol. The SMILES string of the molecule is CC/C=C\C=C(/C=N)C(C)(C)C. The molecule has 0 heterocycles. The molecule has 0 aliphatic heterocycles. The summed E-state index contributed by atoms with van der Waals surface area (Å²) in [5.74, 6) is 0. The van der Waals surface area contributed by atoms with Gasteiger partial charge in [0.05, 0.1) is 0 Å². The van der Waals surface area contributed by atoms with Crippen LogP contribution in [0.2, 0.25) is 0 Å². The first-order chi connectivity index (χ1) is 5.52. The van der Waals surface area contributed by atoms with Crippen molar-refractivity contribution < 1.29 is 0 Å². The highest BCUT2D eigenvalue weighted by Gasteiger charge is 2.13. The summed E-state index contributed by atoms with van der Waals surface area (Å²) in [7, 11) is 0. The summed E-state index contributed by atoms with van der Waals surface area (Å²) in [6.45, 7) is 8.45. The molecule has 0 unspecified atom stereocenters. The van der Waals surface area contributed by atoms with Gasteiger partial charge in [0.25, 0.3) is 0 Å². The van der Waals surface area contributed by atoms with Crippen LogP contribution in [-0.4, -0.2) is 6.21 Å². The van der Waals surface area contributed by atoms with Crippen LogP contribution in [0.25, 0.3) is 0 Å². The van der Waals surface area contributed by atoms with Gasteiger partial charge in [-0.3, -0.25) is 0 Å². The molecule has 0 rings (SSSR count). The molecule has 0 aromatic carbocycles. The molecule has 68 valence electrons. The van der Waals surface area contributed by atoms with E-state index in [0.29, 0.717) is 0 Å². The fourth-order valence-corrected chi connectivity index (χ4v) is 0.822. The first-order valence-electron chi connectivity index (χ1n) is 4.40. The summed E-state index contributed by atoms with van der Waals surface area (Å²) in [5.41, 5.74) is 1.15. The molecule has 0 radical (unpaired) electrons. The summed E-state index contributed by atoms with van der Waals surface area (Å²) in [5, 5.41) is 7.22. The quantitative estimate of drug-likeness (QED) is 0.488. The number of rotatable bonds is 3. The Bertz CT molecular complexity index is 192. The molecule has 1 nitrogen and oxygen atoms in total. The first-order valence-corrected chi connectivity index (χ1v) is 4.40. The Hall–Kier alpha value is -0.850. The Morgan fingerprint density at radius 2 is 1.92 bits per heavy atom. The van der Waals surface area contributed by atoms with E-state index in [4.69, 9.17) is 5.41 Å². The second kappa shape index (κ2) is 4.91. The highest BCUT2D eigenvalue weighted by Crippen LogP contribution is 2.23. The van der Waals surface area contributed by atoms with Gasteiger partial charge in [-0.2, -0.15) is 0 Å². The molecule has 1 N–H and O–H groups in total. The van der Waals surface area contributed by atoms with Crippen LogP contribution in [0.15, 0.2) is 23.8 Å². The average Bonchev–Trinajstić information content (AvgIpc) is 1.95. The largest absolute Gasteiger partial charge is 0.308 e. The first kappa shape index (κ1) is 11.2. The maximum atomic E-state index is 7.22. The van der Waals surface area contributed by atoms with Crippen molar-refractivity contribution in [3.05, 3.63) is 23.8 Å². The lowest BCUT2D eigenvalue weighted by atomic mass is 9.87. The Balaban J connectivity index is 4.45. The second-order valence-electron chi connectivity index (χ2n) is 3.85. The predicted octanol–water partition coefficient (Wildman–Crippen LogP) is 3.57. The standard InChI is InChI=1S/C11H19N/c1-5-6-7-8-10(9-12)11(2,3)4/h6-9,12H,5H2,1-4H3/b7-6-,10-8+,12-9?. The van der Waals surface area contributed by atoms with Crippen LogP contribution >= 0.6 is 0 Å². The van der Waals surface area contributed by atoms with Gasteiger partial charge in [0.2, 0.25) is 0 Å². The Morgan fingerprint density at radius 1 is 1.33 bits per heavy atom. The summed E-state index contributed by atoms with van der Waals surface area (Å²) in [4.78, 5) is 0. The van der Waals surface area contributed by atoms with Crippen LogP contribution in [0.5, 0.6) is 0 Å². The summed E-state index contributed by atoms with van der Waals surface area (Å²) >= 11 is 0. The Labute approximate surface area is 75.7 Å². The van der Waals surface area contributed by atoms with Crippen molar-refractivity contribution in [3.8, 4) is 0 Å². The Kier molecular flexibility index (Phi) is 4.57. The zero-order valence-corrected chi connectivity index (χ0v) is 8.52. The number of hydrogen-bond acceptors (Lipinski definition) is 1. The van der Waals surface area contributed by atoms with E-state index < -0.39 is 0 Å². The smallest absolute Gasteiger partial charge is 0.0215 e. The zero-order chi connectivity index (χ0) is 9.61. The lowest BCUT2D eigenvalue weighted by molar-refractivity contribution is 0.526. The third kappa shape index (κ3) is 4.12. The minimum Gasteiger partial charge on any atom is -0.308 e. The molecule has 0 aromatic rings. The Morgan fingerprint density at radius 3 is 2.25 bits per heavy atom. The third-order valence-corrected chi connectivity index (χ3v) is 1.67. The summed E-state index contributed by atoms with van der Waals surface area (Å²) in [6, 6.07) is 0. The van der Waals surface area contributed by atoms with Gasteiger partial charge in [0.15, 0.2) is 0 Å². The maximum absolute atomic E-state index is 7.22. The van der Waals surface area contributed by atoms with E-state index in [0.717, 1.165) is 12.0 Å². The molecule has 0 aliphatic carbocycles. The molecular weight excluding hydrogens is 146 g/mol. The van der Waals surface area contributed by atoms with Crippen LogP contribution in [0, 0.1) is 10.8 Å². The maximum Gasteiger partial charge on any atom is 0.0215 e. The van der Waals surface area contributed by atoms with Gasteiger partial charge >= 0.3 is 0 Å². The van der Waals surface area contributed by atoms with Gasteiger partial charge in [-0.1, -0.05) is 45.9 Å². The lowest BCUT2D eigenvalue weighted by Gasteiger charge is -2.18. The molecule has 0 amide bonds. The minimum absolute atomic E-state index is 0.0832. The van der Waals surface area contributed by atoms with Crippen LogP contribution < -0.4 is 0 Å². The van der Waals surface area contributed by atoms with E-state index in [1.165, 1.54) is 6.21 Å². The zero-order valence-electron chi connectivity index (χ0n) is 8.52. The topological polar surface area (TPSA) is 23.9 Å². The van der Waals surface area contributed by atoms with Crippen LogP contribution in [0.1, 0.15) is 34.1 Å². The molecule has 0 saturated carbocycles. The number of hydrogen-bond donors (Lipinski definition) is 1. The molecule has 0 aromatic heterocycles. The van der Waals surface area contributed by atoms with E-state index in [1.807, 2.05) is 12.2 Å². The summed E-state index contributed by atoms with van der Waals surface area (Å²) in [6.07, 6.45) is 8.60. The number of nitrogens with one attached hydrogen (secondary N) is 1. The van der Waals surface area contributed by atoms with Crippen molar-refractivity contribution in [1.29, 1.82) is 5.41 Å².